The van der Waals surface area contributed by atoms with Crippen LogP contribution in [0, 0.1) is 13.8 Å². The maximum absolute atomic E-state index is 12.1. The number of benzene rings is 1. The van der Waals surface area contributed by atoms with E-state index in [9.17, 15) is 13.2 Å². The van der Waals surface area contributed by atoms with Gasteiger partial charge in [0, 0.05) is 10.0 Å². The third-order valence-corrected chi connectivity index (χ3v) is 5.16. The van der Waals surface area contributed by atoms with E-state index in [4.69, 9.17) is 27.7 Å². The highest BCUT2D eigenvalue weighted by molar-refractivity contribution is 7.89. The summed E-state index contributed by atoms with van der Waals surface area (Å²) in [5, 5.41) is 4.20. The first-order valence-corrected chi connectivity index (χ1v) is 8.62. The van der Waals surface area contributed by atoms with Gasteiger partial charge in [-0.05, 0) is 31.5 Å². The second-order valence-electron chi connectivity index (χ2n) is 4.68. The summed E-state index contributed by atoms with van der Waals surface area (Å²) in [7, 11) is -3.99. The molecule has 0 saturated heterocycles. The van der Waals surface area contributed by atoms with Gasteiger partial charge < -0.3 is 4.52 Å². The van der Waals surface area contributed by atoms with Gasteiger partial charge in [0.05, 0.1) is 6.42 Å². The molecule has 0 spiro atoms. The van der Waals surface area contributed by atoms with Gasteiger partial charge >= 0.3 is 0 Å². The SMILES string of the molecule is Cc1noc(C)c1S(=O)(=O)NNC(=O)Cc1c(Cl)cccc1Cl. The molecule has 0 fully saturated rings. The van der Waals surface area contributed by atoms with E-state index in [1.807, 2.05) is 4.83 Å². The van der Waals surface area contributed by atoms with E-state index in [2.05, 4.69) is 10.6 Å². The lowest BCUT2D eigenvalue weighted by Gasteiger charge is -2.09. The number of aromatic nitrogens is 1. The molecule has 0 saturated carbocycles. The number of carbonyl (C=O) groups is 1. The Balaban J connectivity index is 2.08. The molecule has 0 aliphatic rings. The van der Waals surface area contributed by atoms with Gasteiger partial charge in [0.2, 0.25) is 5.91 Å². The highest BCUT2D eigenvalue weighted by Gasteiger charge is 2.24. The lowest BCUT2D eigenvalue weighted by Crippen LogP contribution is -2.42. The molecule has 1 aromatic carbocycles. The molecule has 23 heavy (non-hydrogen) atoms. The number of sulfonamides is 1. The van der Waals surface area contributed by atoms with Gasteiger partial charge in [0.1, 0.15) is 10.6 Å². The zero-order chi connectivity index (χ0) is 17.2. The smallest absolute Gasteiger partial charge is 0.262 e. The summed E-state index contributed by atoms with van der Waals surface area (Å²) in [5.41, 5.74) is 2.71. The van der Waals surface area contributed by atoms with Crippen molar-refractivity contribution in [3.05, 3.63) is 45.3 Å². The topological polar surface area (TPSA) is 101 Å². The van der Waals surface area contributed by atoms with E-state index < -0.39 is 15.9 Å². The molecular weight excluding hydrogens is 365 g/mol. The van der Waals surface area contributed by atoms with Crippen LogP contribution in [-0.4, -0.2) is 19.5 Å². The first-order valence-electron chi connectivity index (χ1n) is 6.39. The van der Waals surface area contributed by atoms with Crippen LogP contribution >= 0.6 is 23.2 Å². The quantitative estimate of drug-likeness (QED) is 0.777. The third kappa shape index (κ3) is 4.03. The van der Waals surface area contributed by atoms with E-state index in [0.717, 1.165) is 0 Å². The number of aryl methyl sites for hydroxylation is 2. The second kappa shape index (κ2) is 6.88. The Kier molecular flexibility index (Phi) is 5.30. The Morgan fingerprint density at radius 2 is 1.87 bits per heavy atom. The van der Waals surface area contributed by atoms with Crippen molar-refractivity contribution < 1.29 is 17.7 Å². The standard InChI is InChI=1S/C13H13Cl2N3O4S/c1-7-13(8(2)22-17-7)23(20,21)18-16-12(19)6-9-10(14)4-3-5-11(9)15/h3-5,18H,6H2,1-2H3,(H,16,19). The van der Waals surface area contributed by atoms with Crippen LogP contribution in [0.25, 0.3) is 0 Å². The normalized spacial score (nSPS) is 11.5. The number of nitrogens with zero attached hydrogens (tertiary/aromatic N) is 1. The molecule has 7 nitrogen and oxygen atoms in total. The van der Waals surface area contributed by atoms with E-state index in [0.29, 0.717) is 15.6 Å². The molecule has 2 aromatic rings. The van der Waals surface area contributed by atoms with Crippen molar-refractivity contribution in [1.82, 2.24) is 15.4 Å². The highest BCUT2D eigenvalue weighted by Crippen LogP contribution is 2.24. The maximum Gasteiger partial charge on any atom is 0.262 e. The van der Waals surface area contributed by atoms with E-state index >= 15 is 0 Å². The third-order valence-electron chi connectivity index (χ3n) is 2.96. The zero-order valence-electron chi connectivity index (χ0n) is 12.2. The van der Waals surface area contributed by atoms with Gasteiger partial charge in [0.25, 0.3) is 10.0 Å². The number of halogens is 2. The molecule has 2 rings (SSSR count). The molecule has 0 aliphatic heterocycles. The van der Waals surface area contributed by atoms with E-state index in [-0.39, 0.29) is 22.8 Å². The molecule has 0 radical (unpaired) electrons. The molecule has 0 unspecified atom stereocenters. The van der Waals surface area contributed by atoms with Gasteiger partial charge in [-0.2, -0.15) is 0 Å². The molecule has 1 amide bonds. The van der Waals surface area contributed by atoms with Crippen molar-refractivity contribution in [2.24, 2.45) is 0 Å². The van der Waals surface area contributed by atoms with Gasteiger partial charge in [-0.25, -0.2) is 8.42 Å². The van der Waals surface area contributed by atoms with Crippen LogP contribution in [0.1, 0.15) is 17.0 Å². The zero-order valence-corrected chi connectivity index (χ0v) is 14.5. The minimum absolute atomic E-state index is 0.117. The average molecular weight is 378 g/mol. The number of carbonyl (C=O) groups excluding carboxylic acids is 1. The van der Waals surface area contributed by atoms with Crippen molar-refractivity contribution in [3.63, 3.8) is 0 Å². The Labute approximate surface area is 143 Å². The van der Waals surface area contributed by atoms with Crippen molar-refractivity contribution in [3.8, 4) is 0 Å². The number of hydrogen-bond donors (Lipinski definition) is 2. The summed E-state index contributed by atoms with van der Waals surface area (Å²) in [5.74, 6) is -0.492. The van der Waals surface area contributed by atoms with Crippen molar-refractivity contribution >= 4 is 39.1 Å². The summed E-state index contributed by atoms with van der Waals surface area (Å²) in [6.45, 7) is 2.94. The minimum atomic E-state index is -3.99. The summed E-state index contributed by atoms with van der Waals surface area (Å²) in [6, 6.07) is 4.82. The van der Waals surface area contributed by atoms with Gasteiger partial charge in [-0.1, -0.05) is 34.4 Å². The van der Waals surface area contributed by atoms with Crippen LogP contribution in [0.15, 0.2) is 27.6 Å². The fourth-order valence-electron chi connectivity index (χ4n) is 1.94. The molecule has 1 heterocycles. The monoisotopic (exact) mass is 377 g/mol. The number of rotatable bonds is 5. The largest absolute Gasteiger partial charge is 0.360 e. The molecule has 124 valence electrons. The van der Waals surface area contributed by atoms with Crippen molar-refractivity contribution in [1.29, 1.82) is 0 Å². The Bertz CT molecular complexity index is 809. The number of nitrogens with one attached hydrogen (secondary N) is 2. The van der Waals surface area contributed by atoms with E-state index in [1.54, 1.807) is 18.2 Å². The van der Waals surface area contributed by atoms with Crippen LogP contribution in [0.5, 0.6) is 0 Å². The Morgan fingerprint density at radius 1 is 1.26 bits per heavy atom. The minimum Gasteiger partial charge on any atom is -0.360 e. The summed E-state index contributed by atoms with van der Waals surface area (Å²) in [4.78, 5) is 13.8. The van der Waals surface area contributed by atoms with E-state index in [1.165, 1.54) is 13.8 Å². The van der Waals surface area contributed by atoms with Crippen LogP contribution in [0.4, 0.5) is 0 Å². The van der Waals surface area contributed by atoms with Crippen LogP contribution in [-0.2, 0) is 21.2 Å². The number of hydrazine groups is 1. The van der Waals surface area contributed by atoms with Gasteiger partial charge in [0.15, 0.2) is 5.76 Å². The van der Waals surface area contributed by atoms with Crippen LogP contribution < -0.4 is 10.3 Å². The first kappa shape index (κ1) is 17.7. The van der Waals surface area contributed by atoms with Crippen LogP contribution in [0.2, 0.25) is 10.0 Å². The molecule has 1 aromatic heterocycles. The predicted molar refractivity (Wildman–Crippen MR) is 84.6 cm³/mol. The molecule has 0 aliphatic carbocycles. The maximum atomic E-state index is 12.1. The second-order valence-corrected chi connectivity index (χ2v) is 7.12. The fraction of sp³-hybridized carbons (Fsp3) is 0.231. The lowest BCUT2D eigenvalue weighted by atomic mass is 10.1. The molecule has 0 bridgehead atoms. The number of hydrogen-bond acceptors (Lipinski definition) is 5. The van der Waals surface area contributed by atoms with Crippen LogP contribution in [0.3, 0.4) is 0 Å². The molecule has 0 atom stereocenters. The van der Waals surface area contributed by atoms with Crippen molar-refractivity contribution in [2.75, 3.05) is 0 Å². The molecule has 2 N–H and O–H groups in total. The predicted octanol–water partition coefficient (Wildman–Crippen LogP) is 2.15. The summed E-state index contributed by atoms with van der Waals surface area (Å²) < 4.78 is 29.1. The summed E-state index contributed by atoms with van der Waals surface area (Å²) >= 11 is 11.9. The summed E-state index contributed by atoms with van der Waals surface area (Å²) in [6.07, 6.45) is -0.178. The fourth-order valence-corrected chi connectivity index (χ4v) is 3.66. The van der Waals surface area contributed by atoms with Gasteiger partial charge in [-0.15, -0.1) is 4.83 Å². The number of amides is 1. The lowest BCUT2D eigenvalue weighted by molar-refractivity contribution is -0.120. The van der Waals surface area contributed by atoms with Gasteiger partial charge in [-0.3, -0.25) is 10.2 Å². The highest BCUT2D eigenvalue weighted by atomic mass is 35.5. The Hall–Kier alpha value is -1.61. The first-order chi connectivity index (χ1) is 10.7. The average Bonchev–Trinajstić information content (AvgIpc) is 2.81. The van der Waals surface area contributed by atoms with Crippen molar-refractivity contribution in [2.45, 2.75) is 25.2 Å². The molecular formula is C13H13Cl2N3O4S. The Morgan fingerprint density at radius 3 is 2.39 bits per heavy atom. The molecule has 10 heteroatoms.